The van der Waals surface area contributed by atoms with Crippen LogP contribution in [0, 0.1) is 17.7 Å². The molecule has 4 aromatic rings. The number of hydrogen-bond acceptors (Lipinski definition) is 8. The average molecular weight is 634 g/mol. The monoisotopic (exact) mass is 633 g/mol. The number of hydrogen-bond donors (Lipinski definition) is 0. The van der Waals surface area contributed by atoms with Gasteiger partial charge in [0.15, 0.2) is 11.5 Å². The van der Waals surface area contributed by atoms with Crippen LogP contribution in [-0.4, -0.2) is 60.4 Å². The van der Waals surface area contributed by atoms with Crippen molar-refractivity contribution >= 4 is 28.6 Å². The first-order chi connectivity index (χ1) is 21.8. The summed E-state index contributed by atoms with van der Waals surface area (Å²) < 4.78 is 46.0. The van der Waals surface area contributed by atoms with E-state index in [0.29, 0.717) is 64.2 Å². The Morgan fingerprint density at radius 2 is 1.93 bits per heavy atom. The number of likely N-dealkylation sites (tertiary alicyclic amines) is 1. The van der Waals surface area contributed by atoms with Crippen molar-refractivity contribution < 1.29 is 32.9 Å². The molecule has 45 heavy (non-hydrogen) atoms. The van der Waals surface area contributed by atoms with Gasteiger partial charge in [-0.1, -0.05) is 23.7 Å². The summed E-state index contributed by atoms with van der Waals surface area (Å²) in [5.74, 6) is 1.87. The van der Waals surface area contributed by atoms with Crippen molar-refractivity contribution in [1.29, 1.82) is 0 Å². The summed E-state index contributed by atoms with van der Waals surface area (Å²) in [4.78, 5) is 19.9. The molecule has 0 N–H and O–H groups in total. The molecule has 3 aromatic carbocycles. The molecule has 1 saturated carbocycles. The molecule has 0 bridgehead atoms. The van der Waals surface area contributed by atoms with Crippen LogP contribution >= 0.6 is 11.6 Å². The summed E-state index contributed by atoms with van der Waals surface area (Å²) in [6.07, 6.45) is 1.10. The number of piperidine rings is 1. The van der Waals surface area contributed by atoms with Crippen molar-refractivity contribution in [2.75, 3.05) is 33.9 Å². The third kappa shape index (κ3) is 4.73. The summed E-state index contributed by atoms with van der Waals surface area (Å²) in [7, 11) is 2.96. The SMILES string of the molecule is COC(=O)c1cc(OC)c2nc(CN3C[C@@H]4[C@H](C3)[C@H]4c3cccc4c3OC(C)(c3ccc(Cl)cc3F)O4)n(C[C@@H]3CCO3)c2c1. The Labute approximate surface area is 264 Å². The standard InChI is InChI=1S/C34H33ClFN3O6/c1-34(24-8-7-19(35)13-25(24)36)44-27-6-4-5-21(32(27)45-34)30-22-15-38(16-23(22)30)17-29-37-31-26(39(29)14-20-9-10-43-20)11-18(33(40)42-3)12-28(31)41-2/h4-8,11-13,20,22-23,30H,9-10,14-17H2,1-3H3/t20-,22-,23+,30+,34?/m0/s1. The van der Waals surface area contributed by atoms with Crippen LogP contribution in [0.3, 0.4) is 0 Å². The van der Waals surface area contributed by atoms with E-state index in [-0.39, 0.29) is 6.10 Å². The lowest BCUT2D eigenvalue weighted by Gasteiger charge is -2.28. The van der Waals surface area contributed by atoms with E-state index < -0.39 is 17.6 Å². The van der Waals surface area contributed by atoms with Crippen molar-refractivity contribution in [2.24, 2.45) is 11.8 Å². The van der Waals surface area contributed by atoms with Crippen LogP contribution in [-0.2, 0) is 28.4 Å². The zero-order valence-corrected chi connectivity index (χ0v) is 26.0. The van der Waals surface area contributed by atoms with Gasteiger partial charge in [-0.25, -0.2) is 14.2 Å². The third-order valence-corrected chi connectivity index (χ3v) is 9.98. The van der Waals surface area contributed by atoms with E-state index in [9.17, 15) is 9.18 Å². The Bertz CT molecular complexity index is 1830. The second-order valence-electron chi connectivity index (χ2n) is 12.5. The molecule has 0 amide bonds. The molecule has 11 heteroatoms. The molecular formula is C34H33ClFN3O6. The molecule has 8 rings (SSSR count). The van der Waals surface area contributed by atoms with Gasteiger partial charge in [0.05, 0.1) is 50.1 Å². The molecule has 3 fully saturated rings. The van der Waals surface area contributed by atoms with Crippen molar-refractivity contribution in [1.82, 2.24) is 14.5 Å². The minimum Gasteiger partial charge on any atom is -0.494 e. The predicted octanol–water partition coefficient (Wildman–Crippen LogP) is 5.90. The lowest BCUT2D eigenvalue weighted by molar-refractivity contribution is -0.0710. The maximum Gasteiger partial charge on any atom is 0.338 e. The van der Waals surface area contributed by atoms with Gasteiger partial charge in [-0.2, -0.15) is 0 Å². The summed E-state index contributed by atoms with van der Waals surface area (Å²) >= 11 is 5.99. The molecule has 0 radical (unpaired) electrons. The number of carbonyl (C=O) groups is 1. The molecule has 1 unspecified atom stereocenters. The number of aromatic nitrogens is 2. The highest BCUT2D eigenvalue weighted by molar-refractivity contribution is 6.30. The van der Waals surface area contributed by atoms with Crippen LogP contribution < -0.4 is 14.2 Å². The highest BCUT2D eigenvalue weighted by Crippen LogP contribution is 2.62. The number of esters is 1. The molecule has 1 aliphatic carbocycles. The minimum absolute atomic E-state index is 0.111. The van der Waals surface area contributed by atoms with Crippen molar-refractivity contribution in [2.45, 2.75) is 44.2 Å². The normalized spacial score (nSPS) is 26.5. The van der Waals surface area contributed by atoms with Crippen molar-refractivity contribution in [3.05, 3.63) is 81.9 Å². The number of carbonyl (C=O) groups excluding carboxylic acids is 1. The van der Waals surface area contributed by atoms with E-state index in [1.165, 1.54) is 13.2 Å². The molecule has 0 spiro atoms. The number of imidazole rings is 1. The molecule has 4 heterocycles. The molecule has 234 valence electrons. The maximum absolute atomic E-state index is 14.9. The summed E-state index contributed by atoms with van der Waals surface area (Å²) in [5, 5.41) is 0.323. The Hall–Kier alpha value is -3.86. The number of para-hydroxylation sites is 1. The zero-order valence-electron chi connectivity index (χ0n) is 25.2. The Kier molecular flexibility index (Phi) is 6.74. The first kappa shape index (κ1) is 28.6. The first-order valence-electron chi connectivity index (χ1n) is 15.2. The molecule has 4 aliphatic rings. The van der Waals surface area contributed by atoms with Crippen molar-refractivity contribution in [3.63, 3.8) is 0 Å². The van der Waals surface area contributed by atoms with Gasteiger partial charge in [0, 0.05) is 37.2 Å². The Balaban J connectivity index is 1.02. The fraction of sp³-hybridized carbons (Fsp3) is 0.412. The second-order valence-corrected chi connectivity index (χ2v) is 12.9. The number of rotatable bonds is 8. The largest absolute Gasteiger partial charge is 0.494 e. The van der Waals surface area contributed by atoms with Gasteiger partial charge in [-0.3, -0.25) is 4.90 Å². The summed E-state index contributed by atoms with van der Waals surface area (Å²) in [6.45, 7) is 5.64. The smallest absolute Gasteiger partial charge is 0.338 e. The number of nitrogens with zero attached hydrogens (tertiary/aromatic N) is 3. The fourth-order valence-corrected chi connectivity index (χ4v) is 7.53. The second kappa shape index (κ2) is 10.6. The van der Waals surface area contributed by atoms with Crippen LogP contribution in [0.5, 0.6) is 17.2 Å². The minimum atomic E-state index is -1.28. The van der Waals surface area contributed by atoms with Gasteiger partial charge >= 0.3 is 5.97 Å². The van der Waals surface area contributed by atoms with Gasteiger partial charge in [0.1, 0.15) is 22.9 Å². The van der Waals surface area contributed by atoms with Gasteiger partial charge in [0.25, 0.3) is 5.79 Å². The van der Waals surface area contributed by atoms with Gasteiger partial charge in [-0.15, -0.1) is 0 Å². The van der Waals surface area contributed by atoms with Crippen LogP contribution in [0.15, 0.2) is 48.5 Å². The number of methoxy groups -OCH3 is 2. The molecule has 1 aromatic heterocycles. The Morgan fingerprint density at radius 3 is 2.62 bits per heavy atom. The molecule has 9 nitrogen and oxygen atoms in total. The maximum atomic E-state index is 14.9. The molecule has 2 saturated heterocycles. The third-order valence-electron chi connectivity index (χ3n) is 9.74. The topological polar surface area (TPSA) is 84.3 Å². The highest BCUT2D eigenvalue weighted by atomic mass is 35.5. The van der Waals surface area contributed by atoms with Crippen LogP contribution in [0.1, 0.15) is 46.6 Å². The van der Waals surface area contributed by atoms with Gasteiger partial charge < -0.3 is 28.3 Å². The number of ether oxygens (including phenoxy) is 5. The lowest BCUT2D eigenvalue weighted by atomic mass is 10.0. The Morgan fingerprint density at radius 1 is 1.13 bits per heavy atom. The summed E-state index contributed by atoms with van der Waals surface area (Å²) in [5.41, 5.74) is 3.39. The van der Waals surface area contributed by atoms with E-state index >= 15 is 0 Å². The van der Waals surface area contributed by atoms with E-state index in [2.05, 4.69) is 15.5 Å². The highest BCUT2D eigenvalue weighted by Gasteiger charge is 2.58. The van der Waals surface area contributed by atoms with Crippen molar-refractivity contribution in [3.8, 4) is 17.2 Å². The average Bonchev–Trinajstić information content (AvgIpc) is 3.29. The van der Waals surface area contributed by atoms with E-state index in [1.54, 1.807) is 32.2 Å². The number of halogens is 2. The van der Waals surface area contributed by atoms with Gasteiger partial charge in [0.2, 0.25) is 0 Å². The van der Waals surface area contributed by atoms with E-state index in [0.717, 1.165) is 48.5 Å². The summed E-state index contributed by atoms with van der Waals surface area (Å²) in [6, 6.07) is 14.0. The number of benzene rings is 3. The quantitative estimate of drug-likeness (QED) is 0.222. The molecule has 3 aliphatic heterocycles. The predicted molar refractivity (Wildman–Crippen MR) is 163 cm³/mol. The molecule has 5 atom stereocenters. The fourth-order valence-electron chi connectivity index (χ4n) is 7.37. The zero-order chi connectivity index (χ0) is 31.0. The van der Waals surface area contributed by atoms with Crippen LogP contribution in [0.2, 0.25) is 5.02 Å². The van der Waals surface area contributed by atoms with Gasteiger partial charge in [-0.05, 0) is 60.6 Å². The lowest BCUT2D eigenvalue weighted by Crippen LogP contribution is -2.33. The number of fused-ring (bicyclic) bond motifs is 3. The van der Waals surface area contributed by atoms with E-state index in [4.69, 9.17) is 40.3 Å². The first-order valence-corrected chi connectivity index (χ1v) is 15.6. The van der Waals surface area contributed by atoms with Crippen LogP contribution in [0.4, 0.5) is 4.39 Å². The molecular weight excluding hydrogens is 601 g/mol. The van der Waals surface area contributed by atoms with Crippen LogP contribution in [0.25, 0.3) is 11.0 Å². The van der Waals surface area contributed by atoms with E-state index in [1.807, 2.05) is 18.2 Å².